The summed E-state index contributed by atoms with van der Waals surface area (Å²) in [5.74, 6) is 2.25. The third-order valence-corrected chi connectivity index (χ3v) is 3.27. The molecule has 0 aliphatic rings. The molecule has 3 rings (SSSR count). The summed E-state index contributed by atoms with van der Waals surface area (Å²) in [6, 6.07) is 3.90. The van der Waals surface area contributed by atoms with Crippen molar-refractivity contribution < 1.29 is 4.42 Å². The Morgan fingerprint density at radius 3 is 2.79 bits per heavy atom. The number of furan rings is 1. The van der Waals surface area contributed by atoms with Crippen LogP contribution in [0.1, 0.15) is 24.1 Å². The van der Waals surface area contributed by atoms with E-state index in [1.807, 2.05) is 35.4 Å². The smallest absolute Gasteiger partial charge is 0.202 e. The standard InChI is InChI=1S/C13H17N5O/c1-4-10-11-12(17(3)16-10)18(13(14)15-11)7-9-6-5-8(2)19-9/h5-6H,4,7H2,1-3H3,(H2,14,15). The second kappa shape index (κ2) is 4.15. The van der Waals surface area contributed by atoms with Gasteiger partial charge in [-0.2, -0.15) is 5.10 Å². The molecule has 2 N–H and O–H groups in total. The molecule has 0 fully saturated rings. The molecule has 0 saturated carbocycles. The maximum absolute atomic E-state index is 6.01. The van der Waals surface area contributed by atoms with Gasteiger partial charge in [0.05, 0.1) is 12.2 Å². The number of nitrogen functional groups attached to an aromatic ring is 1. The highest BCUT2D eigenvalue weighted by Crippen LogP contribution is 2.22. The summed E-state index contributed by atoms with van der Waals surface area (Å²) in [6.45, 7) is 4.56. The summed E-state index contributed by atoms with van der Waals surface area (Å²) < 4.78 is 9.36. The van der Waals surface area contributed by atoms with Gasteiger partial charge in [0.2, 0.25) is 5.95 Å². The van der Waals surface area contributed by atoms with E-state index in [0.29, 0.717) is 12.5 Å². The SMILES string of the molecule is CCc1nn(C)c2c1nc(N)n2Cc1ccc(C)o1. The number of rotatable bonds is 3. The maximum atomic E-state index is 6.01. The Bertz CT molecular complexity index is 734. The van der Waals surface area contributed by atoms with Crippen LogP contribution < -0.4 is 5.73 Å². The first kappa shape index (κ1) is 11.8. The van der Waals surface area contributed by atoms with Gasteiger partial charge in [0, 0.05) is 7.05 Å². The van der Waals surface area contributed by atoms with Gasteiger partial charge in [0.25, 0.3) is 0 Å². The second-order valence-corrected chi connectivity index (χ2v) is 4.66. The molecular weight excluding hydrogens is 242 g/mol. The molecule has 19 heavy (non-hydrogen) atoms. The Labute approximate surface area is 110 Å². The van der Waals surface area contributed by atoms with E-state index < -0.39 is 0 Å². The maximum Gasteiger partial charge on any atom is 0.202 e. The number of anilines is 1. The Balaban J connectivity index is 2.12. The van der Waals surface area contributed by atoms with Crippen LogP contribution in [0.4, 0.5) is 5.95 Å². The van der Waals surface area contributed by atoms with Crippen molar-refractivity contribution in [1.29, 1.82) is 0 Å². The lowest BCUT2D eigenvalue weighted by Crippen LogP contribution is -2.07. The van der Waals surface area contributed by atoms with Gasteiger partial charge >= 0.3 is 0 Å². The van der Waals surface area contributed by atoms with Gasteiger partial charge in [-0.3, -0.25) is 9.25 Å². The van der Waals surface area contributed by atoms with Crippen LogP contribution in [0.25, 0.3) is 11.2 Å². The minimum absolute atomic E-state index is 0.492. The summed E-state index contributed by atoms with van der Waals surface area (Å²) in [7, 11) is 1.91. The van der Waals surface area contributed by atoms with E-state index in [4.69, 9.17) is 10.2 Å². The van der Waals surface area contributed by atoms with Crippen LogP contribution in [0.2, 0.25) is 0 Å². The first-order valence-electron chi connectivity index (χ1n) is 6.33. The molecule has 3 aromatic heterocycles. The molecule has 100 valence electrons. The average molecular weight is 259 g/mol. The van der Waals surface area contributed by atoms with Crippen molar-refractivity contribution in [3.8, 4) is 0 Å². The molecule has 0 saturated heterocycles. The van der Waals surface area contributed by atoms with E-state index in [9.17, 15) is 0 Å². The van der Waals surface area contributed by atoms with E-state index in [2.05, 4.69) is 17.0 Å². The number of nitrogens with zero attached hydrogens (tertiary/aromatic N) is 4. The summed E-state index contributed by atoms with van der Waals surface area (Å²) in [5.41, 5.74) is 8.80. The van der Waals surface area contributed by atoms with E-state index in [1.165, 1.54) is 0 Å². The highest BCUT2D eigenvalue weighted by atomic mass is 16.3. The highest BCUT2D eigenvalue weighted by molar-refractivity contribution is 5.77. The predicted molar refractivity (Wildman–Crippen MR) is 72.8 cm³/mol. The van der Waals surface area contributed by atoms with Crippen LogP contribution >= 0.6 is 0 Å². The van der Waals surface area contributed by atoms with Crippen molar-refractivity contribution in [3.05, 3.63) is 29.3 Å². The van der Waals surface area contributed by atoms with Crippen molar-refractivity contribution in [3.63, 3.8) is 0 Å². The lowest BCUT2D eigenvalue weighted by molar-refractivity contribution is 0.472. The third-order valence-electron chi connectivity index (χ3n) is 3.27. The van der Waals surface area contributed by atoms with Crippen molar-refractivity contribution in [2.75, 3.05) is 5.73 Å². The fraction of sp³-hybridized carbons (Fsp3) is 0.385. The fourth-order valence-corrected chi connectivity index (χ4v) is 2.38. The summed E-state index contributed by atoms with van der Waals surface area (Å²) in [6.07, 6.45) is 0.841. The first-order valence-corrected chi connectivity index (χ1v) is 6.33. The molecule has 0 aliphatic heterocycles. The van der Waals surface area contributed by atoms with Gasteiger partial charge < -0.3 is 10.2 Å². The van der Waals surface area contributed by atoms with Crippen molar-refractivity contribution in [2.24, 2.45) is 7.05 Å². The molecule has 6 nitrogen and oxygen atoms in total. The molecule has 0 bridgehead atoms. The molecule has 0 aromatic carbocycles. The highest BCUT2D eigenvalue weighted by Gasteiger charge is 2.17. The van der Waals surface area contributed by atoms with Crippen LogP contribution in [0.3, 0.4) is 0 Å². The first-order chi connectivity index (χ1) is 9.10. The molecule has 3 aromatic rings. The molecule has 0 radical (unpaired) electrons. The zero-order chi connectivity index (χ0) is 13.6. The molecule has 0 amide bonds. The number of aromatic nitrogens is 4. The van der Waals surface area contributed by atoms with E-state index in [1.54, 1.807) is 0 Å². The third kappa shape index (κ3) is 1.80. The minimum atomic E-state index is 0.492. The predicted octanol–water partition coefficient (Wildman–Crippen LogP) is 1.86. The molecule has 0 unspecified atom stereocenters. The van der Waals surface area contributed by atoms with Gasteiger partial charge in [0.15, 0.2) is 5.65 Å². The van der Waals surface area contributed by atoms with Crippen molar-refractivity contribution in [1.82, 2.24) is 19.3 Å². The van der Waals surface area contributed by atoms with Crippen LogP contribution in [-0.4, -0.2) is 19.3 Å². The van der Waals surface area contributed by atoms with Crippen molar-refractivity contribution in [2.45, 2.75) is 26.8 Å². The number of aryl methyl sites for hydroxylation is 3. The number of hydrogen-bond acceptors (Lipinski definition) is 4. The number of nitrogens with two attached hydrogens (primary N) is 1. The molecule has 6 heteroatoms. The monoisotopic (exact) mass is 259 g/mol. The molecule has 0 aliphatic carbocycles. The molecule has 0 atom stereocenters. The summed E-state index contributed by atoms with van der Waals surface area (Å²) in [4.78, 5) is 4.42. The lowest BCUT2D eigenvalue weighted by atomic mass is 10.3. The normalized spacial score (nSPS) is 11.5. The van der Waals surface area contributed by atoms with E-state index >= 15 is 0 Å². The zero-order valence-electron chi connectivity index (χ0n) is 11.3. The Morgan fingerprint density at radius 2 is 2.16 bits per heavy atom. The number of fused-ring (bicyclic) bond motifs is 1. The second-order valence-electron chi connectivity index (χ2n) is 4.66. The minimum Gasteiger partial charge on any atom is -0.464 e. The summed E-state index contributed by atoms with van der Waals surface area (Å²) in [5, 5.41) is 4.46. The van der Waals surface area contributed by atoms with Gasteiger partial charge in [-0.05, 0) is 25.5 Å². The Kier molecular flexibility index (Phi) is 2.58. The van der Waals surface area contributed by atoms with E-state index in [0.717, 1.165) is 34.8 Å². The molecule has 0 spiro atoms. The fourth-order valence-electron chi connectivity index (χ4n) is 2.38. The molecule has 3 heterocycles. The Morgan fingerprint density at radius 1 is 1.37 bits per heavy atom. The van der Waals surface area contributed by atoms with Crippen molar-refractivity contribution >= 4 is 17.1 Å². The Hall–Kier alpha value is -2.24. The van der Waals surface area contributed by atoms with Crippen LogP contribution in [0.5, 0.6) is 0 Å². The molecular formula is C13H17N5O. The summed E-state index contributed by atoms with van der Waals surface area (Å²) >= 11 is 0. The number of imidazole rings is 1. The quantitative estimate of drug-likeness (QED) is 0.779. The topological polar surface area (TPSA) is 74.8 Å². The van der Waals surface area contributed by atoms with Gasteiger partial charge in [-0.25, -0.2) is 4.98 Å². The van der Waals surface area contributed by atoms with Gasteiger partial charge in [0.1, 0.15) is 17.0 Å². The van der Waals surface area contributed by atoms with Crippen LogP contribution in [0.15, 0.2) is 16.5 Å². The average Bonchev–Trinajstić information content (AvgIpc) is 3.00. The largest absolute Gasteiger partial charge is 0.464 e. The zero-order valence-corrected chi connectivity index (χ0v) is 11.3. The van der Waals surface area contributed by atoms with Crippen LogP contribution in [0, 0.1) is 6.92 Å². The van der Waals surface area contributed by atoms with Crippen LogP contribution in [-0.2, 0) is 20.0 Å². The van der Waals surface area contributed by atoms with Gasteiger partial charge in [-0.1, -0.05) is 6.92 Å². The number of hydrogen-bond donors (Lipinski definition) is 1. The van der Waals surface area contributed by atoms with Gasteiger partial charge in [-0.15, -0.1) is 0 Å². The van der Waals surface area contributed by atoms with E-state index in [-0.39, 0.29) is 0 Å². The lowest BCUT2D eigenvalue weighted by Gasteiger charge is -2.04.